The number of fused-ring (bicyclic) bond motifs is 1. The maximum absolute atomic E-state index is 3.39. The van der Waals surface area contributed by atoms with E-state index < -0.39 is 0 Å². The fourth-order valence-electron chi connectivity index (χ4n) is 2.04. The average Bonchev–Trinajstić information content (AvgIpc) is 2.69. The summed E-state index contributed by atoms with van der Waals surface area (Å²) in [6.45, 7) is 3.23. The Kier molecular flexibility index (Phi) is 3.07. The van der Waals surface area contributed by atoms with E-state index in [0.29, 0.717) is 0 Å². The lowest BCUT2D eigenvalue weighted by atomic mass is 10.1. The molecule has 2 aromatic rings. The van der Waals surface area contributed by atoms with Gasteiger partial charge < -0.3 is 10.3 Å². The number of rotatable bonds is 4. The highest BCUT2D eigenvalue weighted by Crippen LogP contribution is 2.22. The Morgan fingerprint density at radius 3 is 2.87 bits per heavy atom. The van der Waals surface area contributed by atoms with Crippen LogP contribution in [0.5, 0.6) is 0 Å². The van der Waals surface area contributed by atoms with Crippen LogP contribution >= 0.6 is 0 Å². The van der Waals surface area contributed by atoms with Crippen molar-refractivity contribution in [1.29, 1.82) is 0 Å². The first kappa shape index (κ1) is 10.2. The van der Waals surface area contributed by atoms with Gasteiger partial charge in [0.25, 0.3) is 0 Å². The van der Waals surface area contributed by atoms with Crippen molar-refractivity contribution in [3.05, 3.63) is 35.5 Å². The number of hydrogen-bond donors (Lipinski definition) is 2. The Hall–Kier alpha value is -1.28. The quantitative estimate of drug-likeness (QED) is 0.783. The topological polar surface area (TPSA) is 27.8 Å². The van der Waals surface area contributed by atoms with Crippen LogP contribution in [0.25, 0.3) is 10.9 Å². The summed E-state index contributed by atoms with van der Waals surface area (Å²) in [7, 11) is 1.99. The maximum Gasteiger partial charge on any atom is 0.0489 e. The number of hydrogen-bond acceptors (Lipinski definition) is 1. The third-order valence-corrected chi connectivity index (χ3v) is 2.91. The van der Waals surface area contributed by atoms with Crippen molar-refractivity contribution in [1.82, 2.24) is 10.3 Å². The van der Waals surface area contributed by atoms with Gasteiger partial charge in [0.05, 0.1) is 0 Å². The molecule has 1 aromatic heterocycles. The fraction of sp³-hybridized carbons (Fsp3) is 0.385. The van der Waals surface area contributed by atoms with E-state index in [0.717, 1.165) is 19.4 Å². The SMILES string of the molecule is CCc1cccc2c(CCNC)c[nH]c12. The first-order valence-corrected chi connectivity index (χ1v) is 5.59. The molecule has 0 saturated carbocycles. The van der Waals surface area contributed by atoms with Crippen LogP contribution in [-0.2, 0) is 12.8 Å². The highest BCUT2D eigenvalue weighted by molar-refractivity contribution is 5.86. The standard InChI is InChI=1S/C13H18N2/c1-3-10-5-4-6-12-11(7-8-14-2)9-15-13(10)12/h4-6,9,14-15H,3,7-8H2,1-2H3. The molecule has 0 spiro atoms. The number of aromatic nitrogens is 1. The minimum atomic E-state index is 1.03. The highest BCUT2D eigenvalue weighted by Gasteiger charge is 2.05. The second-order valence-electron chi connectivity index (χ2n) is 3.86. The van der Waals surface area contributed by atoms with E-state index >= 15 is 0 Å². The molecule has 2 rings (SSSR count). The third-order valence-electron chi connectivity index (χ3n) is 2.91. The third kappa shape index (κ3) is 1.90. The number of aromatic amines is 1. The molecule has 0 bridgehead atoms. The second kappa shape index (κ2) is 4.49. The maximum atomic E-state index is 3.39. The van der Waals surface area contributed by atoms with Crippen LogP contribution in [0.1, 0.15) is 18.1 Å². The van der Waals surface area contributed by atoms with Gasteiger partial charge in [-0.2, -0.15) is 0 Å². The molecule has 0 aliphatic rings. The number of H-pyrrole nitrogens is 1. The van der Waals surface area contributed by atoms with Gasteiger partial charge in [-0.05, 0) is 37.6 Å². The molecule has 15 heavy (non-hydrogen) atoms. The van der Waals surface area contributed by atoms with Gasteiger partial charge in [-0.25, -0.2) is 0 Å². The van der Waals surface area contributed by atoms with Crippen molar-refractivity contribution in [2.24, 2.45) is 0 Å². The van der Waals surface area contributed by atoms with Crippen LogP contribution in [-0.4, -0.2) is 18.6 Å². The molecule has 80 valence electrons. The fourth-order valence-corrected chi connectivity index (χ4v) is 2.04. The van der Waals surface area contributed by atoms with Crippen LogP contribution in [0.15, 0.2) is 24.4 Å². The summed E-state index contributed by atoms with van der Waals surface area (Å²) in [4.78, 5) is 3.39. The van der Waals surface area contributed by atoms with E-state index in [9.17, 15) is 0 Å². The minimum Gasteiger partial charge on any atom is -0.361 e. The van der Waals surface area contributed by atoms with Gasteiger partial charge in [0.1, 0.15) is 0 Å². The van der Waals surface area contributed by atoms with Gasteiger partial charge in [-0.3, -0.25) is 0 Å². The Morgan fingerprint density at radius 1 is 1.27 bits per heavy atom. The summed E-state index contributed by atoms with van der Waals surface area (Å²) in [5, 5.41) is 4.56. The first-order valence-electron chi connectivity index (χ1n) is 5.59. The minimum absolute atomic E-state index is 1.03. The molecule has 0 unspecified atom stereocenters. The molecule has 0 fully saturated rings. The Morgan fingerprint density at radius 2 is 2.13 bits per heavy atom. The summed E-state index contributed by atoms with van der Waals surface area (Å²) < 4.78 is 0. The molecule has 0 saturated heterocycles. The average molecular weight is 202 g/mol. The molecule has 2 heteroatoms. The van der Waals surface area contributed by atoms with Crippen molar-refractivity contribution in [3.63, 3.8) is 0 Å². The Bertz CT molecular complexity index is 443. The second-order valence-corrected chi connectivity index (χ2v) is 3.86. The summed E-state index contributed by atoms with van der Waals surface area (Å²) in [6.07, 6.45) is 4.31. The summed E-state index contributed by atoms with van der Waals surface area (Å²) in [5.74, 6) is 0. The molecule has 0 aliphatic heterocycles. The number of likely N-dealkylation sites (N-methyl/N-ethyl adjacent to an activating group) is 1. The van der Waals surface area contributed by atoms with E-state index in [1.807, 2.05) is 7.05 Å². The van der Waals surface area contributed by atoms with Crippen LogP contribution in [0, 0.1) is 0 Å². The van der Waals surface area contributed by atoms with Crippen LogP contribution < -0.4 is 5.32 Å². The zero-order valence-electron chi connectivity index (χ0n) is 9.43. The first-order chi connectivity index (χ1) is 7.36. The van der Waals surface area contributed by atoms with Crippen LogP contribution in [0.2, 0.25) is 0 Å². The molecule has 0 atom stereocenters. The summed E-state index contributed by atoms with van der Waals surface area (Å²) in [5.41, 5.74) is 4.13. The predicted octanol–water partition coefficient (Wildman–Crippen LogP) is 2.49. The summed E-state index contributed by atoms with van der Waals surface area (Å²) in [6, 6.07) is 6.55. The zero-order valence-corrected chi connectivity index (χ0v) is 9.43. The molecule has 0 aliphatic carbocycles. The largest absolute Gasteiger partial charge is 0.361 e. The molecule has 1 heterocycles. The zero-order chi connectivity index (χ0) is 10.7. The number of para-hydroxylation sites is 1. The van der Waals surface area contributed by atoms with Crippen LogP contribution in [0.4, 0.5) is 0 Å². The lowest BCUT2D eigenvalue weighted by Gasteiger charge is -2.01. The Labute approximate surface area is 90.7 Å². The smallest absolute Gasteiger partial charge is 0.0489 e. The van der Waals surface area contributed by atoms with E-state index in [4.69, 9.17) is 0 Å². The van der Waals surface area contributed by atoms with Crippen molar-refractivity contribution in [3.8, 4) is 0 Å². The monoisotopic (exact) mass is 202 g/mol. The van der Waals surface area contributed by atoms with E-state index in [1.54, 1.807) is 0 Å². The van der Waals surface area contributed by atoms with Gasteiger partial charge in [0.2, 0.25) is 0 Å². The lowest BCUT2D eigenvalue weighted by Crippen LogP contribution is -2.09. The number of nitrogens with one attached hydrogen (secondary N) is 2. The normalized spacial score (nSPS) is 11.1. The van der Waals surface area contributed by atoms with Gasteiger partial charge in [0.15, 0.2) is 0 Å². The molecule has 2 N–H and O–H groups in total. The van der Waals surface area contributed by atoms with Crippen molar-refractivity contribution in [2.75, 3.05) is 13.6 Å². The van der Waals surface area contributed by atoms with Gasteiger partial charge >= 0.3 is 0 Å². The molecule has 0 radical (unpaired) electrons. The van der Waals surface area contributed by atoms with E-state index in [2.05, 4.69) is 41.6 Å². The number of benzene rings is 1. The number of aryl methyl sites for hydroxylation is 1. The molecule has 1 aromatic carbocycles. The van der Waals surface area contributed by atoms with Crippen molar-refractivity contribution in [2.45, 2.75) is 19.8 Å². The molecule has 2 nitrogen and oxygen atoms in total. The molecule has 0 amide bonds. The molecular weight excluding hydrogens is 184 g/mol. The molecular formula is C13H18N2. The van der Waals surface area contributed by atoms with Gasteiger partial charge in [0, 0.05) is 17.1 Å². The van der Waals surface area contributed by atoms with Crippen LogP contribution in [0.3, 0.4) is 0 Å². The predicted molar refractivity (Wildman–Crippen MR) is 65.3 cm³/mol. The summed E-state index contributed by atoms with van der Waals surface area (Å²) >= 11 is 0. The highest BCUT2D eigenvalue weighted by atomic mass is 14.8. The van der Waals surface area contributed by atoms with Crippen molar-refractivity contribution < 1.29 is 0 Å². The van der Waals surface area contributed by atoms with Gasteiger partial charge in [-0.1, -0.05) is 25.1 Å². The van der Waals surface area contributed by atoms with Crippen molar-refractivity contribution >= 4 is 10.9 Å². The lowest BCUT2D eigenvalue weighted by molar-refractivity contribution is 0.795. The Balaban J connectivity index is 2.42. The van der Waals surface area contributed by atoms with E-state index in [-0.39, 0.29) is 0 Å². The van der Waals surface area contributed by atoms with E-state index in [1.165, 1.54) is 22.0 Å². The van der Waals surface area contributed by atoms with Gasteiger partial charge in [-0.15, -0.1) is 0 Å².